The van der Waals surface area contributed by atoms with Crippen LogP contribution in [0.1, 0.15) is 37.5 Å². The molecule has 166 valence electrons. The fraction of sp³-hybridized carbons (Fsp3) is 0.292. The fourth-order valence-corrected chi connectivity index (χ4v) is 5.55. The Morgan fingerprint density at radius 2 is 1.85 bits per heavy atom. The summed E-state index contributed by atoms with van der Waals surface area (Å²) in [6, 6.07) is 17.3. The van der Waals surface area contributed by atoms with Crippen molar-refractivity contribution in [3.05, 3.63) is 69.7 Å². The Bertz CT molecular complexity index is 1420. The maximum Gasteiger partial charge on any atom is 0.262 e. The van der Waals surface area contributed by atoms with Crippen LogP contribution in [0.2, 0.25) is 5.02 Å². The van der Waals surface area contributed by atoms with Crippen molar-refractivity contribution in [1.82, 2.24) is 24.3 Å². The summed E-state index contributed by atoms with van der Waals surface area (Å²) in [5.74, 6) is 1.70. The first-order chi connectivity index (χ1) is 16.2. The second kappa shape index (κ2) is 9.38. The monoisotopic (exact) mass is 476 g/mol. The first kappa shape index (κ1) is 21.7. The number of nitrogens with zero attached hydrogens (tertiary/aromatic N) is 6. The van der Waals surface area contributed by atoms with Crippen LogP contribution in [0.4, 0.5) is 0 Å². The van der Waals surface area contributed by atoms with E-state index in [9.17, 15) is 10.1 Å². The molecule has 0 unspecified atom stereocenters. The summed E-state index contributed by atoms with van der Waals surface area (Å²) in [6.07, 6.45) is 4.47. The van der Waals surface area contributed by atoms with Crippen molar-refractivity contribution < 1.29 is 0 Å². The molecular formula is C24H21ClN6OS. The van der Waals surface area contributed by atoms with E-state index in [1.54, 1.807) is 12.1 Å². The highest BCUT2D eigenvalue weighted by Gasteiger charge is 2.26. The van der Waals surface area contributed by atoms with Gasteiger partial charge in [0.1, 0.15) is 12.4 Å². The van der Waals surface area contributed by atoms with Crippen molar-refractivity contribution in [2.75, 3.05) is 0 Å². The second-order valence-corrected chi connectivity index (χ2v) is 9.33. The minimum Gasteiger partial charge on any atom is -0.299 e. The van der Waals surface area contributed by atoms with Gasteiger partial charge in [-0.2, -0.15) is 5.26 Å². The van der Waals surface area contributed by atoms with Gasteiger partial charge in [0.05, 0.1) is 27.7 Å². The average molecular weight is 477 g/mol. The molecule has 5 rings (SSSR count). The van der Waals surface area contributed by atoms with Gasteiger partial charge in [-0.15, -0.1) is 10.2 Å². The van der Waals surface area contributed by atoms with Crippen molar-refractivity contribution in [2.45, 2.75) is 49.2 Å². The van der Waals surface area contributed by atoms with Crippen LogP contribution in [0.3, 0.4) is 0 Å². The van der Waals surface area contributed by atoms with Crippen molar-refractivity contribution in [3.8, 4) is 17.5 Å². The minimum atomic E-state index is -0.202. The molecule has 2 aromatic carbocycles. The number of benzene rings is 2. The third kappa shape index (κ3) is 4.14. The van der Waals surface area contributed by atoms with Crippen LogP contribution in [0.15, 0.2) is 58.5 Å². The fourth-order valence-electron chi connectivity index (χ4n) is 4.38. The Morgan fingerprint density at radius 1 is 1.09 bits per heavy atom. The Morgan fingerprint density at radius 3 is 2.64 bits per heavy atom. The van der Waals surface area contributed by atoms with Gasteiger partial charge < -0.3 is 0 Å². The first-order valence-corrected chi connectivity index (χ1v) is 12.2. The van der Waals surface area contributed by atoms with Gasteiger partial charge in [-0.05, 0) is 37.1 Å². The molecule has 0 radical (unpaired) electrons. The molecule has 9 heteroatoms. The van der Waals surface area contributed by atoms with E-state index in [-0.39, 0.29) is 12.1 Å². The number of para-hydroxylation sites is 1. The van der Waals surface area contributed by atoms with E-state index in [1.807, 2.05) is 36.4 Å². The molecule has 0 saturated heterocycles. The van der Waals surface area contributed by atoms with E-state index in [0.29, 0.717) is 33.5 Å². The van der Waals surface area contributed by atoms with E-state index in [0.717, 1.165) is 29.4 Å². The van der Waals surface area contributed by atoms with Gasteiger partial charge >= 0.3 is 0 Å². The van der Waals surface area contributed by atoms with E-state index >= 15 is 0 Å². The van der Waals surface area contributed by atoms with Crippen molar-refractivity contribution in [3.63, 3.8) is 0 Å². The van der Waals surface area contributed by atoms with E-state index in [4.69, 9.17) is 11.6 Å². The molecule has 2 aromatic heterocycles. The third-order valence-electron chi connectivity index (χ3n) is 5.97. The van der Waals surface area contributed by atoms with Crippen molar-refractivity contribution in [2.24, 2.45) is 0 Å². The number of thioether (sulfide) groups is 1. The zero-order valence-corrected chi connectivity index (χ0v) is 19.4. The zero-order chi connectivity index (χ0) is 22.8. The Labute approximate surface area is 200 Å². The molecule has 0 spiro atoms. The molecule has 4 aromatic rings. The molecule has 1 aliphatic rings. The number of halogens is 1. The summed E-state index contributed by atoms with van der Waals surface area (Å²) in [6.45, 7) is -0.0489. The molecule has 0 atom stereocenters. The molecule has 0 amide bonds. The number of nitriles is 1. The normalized spacial score (nSPS) is 14.1. The van der Waals surface area contributed by atoms with E-state index in [1.165, 1.54) is 29.2 Å². The van der Waals surface area contributed by atoms with E-state index in [2.05, 4.69) is 25.8 Å². The molecule has 1 saturated carbocycles. The van der Waals surface area contributed by atoms with Crippen LogP contribution in [0, 0.1) is 11.3 Å². The van der Waals surface area contributed by atoms with Crippen LogP contribution in [-0.4, -0.2) is 24.3 Å². The lowest BCUT2D eigenvalue weighted by molar-refractivity contribution is 0.485. The molecule has 1 fully saturated rings. The first-order valence-electron chi connectivity index (χ1n) is 10.9. The molecule has 0 N–H and O–H groups in total. The molecule has 7 nitrogen and oxygen atoms in total. The number of rotatable bonds is 6. The summed E-state index contributed by atoms with van der Waals surface area (Å²) in [4.78, 5) is 17.7. The second-order valence-electron chi connectivity index (χ2n) is 7.98. The molecule has 0 aliphatic heterocycles. The quantitative estimate of drug-likeness (QED) is 0.353. The van der Waals surface area contributed by atoms with Gasteiger partial charge in [-0.1, -0.05) is 60.5 Å². The minimum absolute atomic E-state index is 0.0489. The maximum atomic E-state index is 13.0. The SMILES string of the molecule is N#CCn1c(CSc2nnc(-c3ccccc3Cl)n2C2CCCC2)nc2ccccc2c1=O. The summed E-state index contributed by atoms with van der Waals surface area (Å²) in [5.41, 5.74) is 1.28. The smallest absolute Gasteiger partial charge is 0.262 e. The van der Waals surface area contributed by atoms with Crippen LogP contribution in [0.5, 0.6) is 0 Å². The highest BCUT2D eigenvalue weighted by Crippen LogP contribution is 2.38. The van der Waals surface area contributed by atoms with Crippen LogP contribution >= 0.6 is 23.4 Å². The van der Waals surface area contributed by atoms with Crippen molar-refractivity contribution >= 4 is 34.3 Å². The molecule has 33 heavy (non-hydrogen) atoms. The molecule has 0 bridgehead atoms. The van der Waals surface area contributed by atoms with Gasteiger partial charge in [0, 0.05) is 11.6 Å². The number of hydrogen-bond donors (Lipinski definition) is 0. The number of hydrogen-bond acceptors (Lipinski definition) is 6. The zero-order valence-electron chi connectivity index (χ0n) is 17.8. The predicted octanol–water partition coefficient (Wildman–Crippen LogP) is 5.24. The van der Waals surface area contributed by atoms with Gasteiger partial charge in [0.2, 0.25) is 0 Å². The topological polar surface area (TPSA) is 89.4 Å². The Balaban J connectivity index is 1.54. The molecular weight excluding hydrogens is 456 g/mol. The molecule has 2 heterocycles. The highest BCUT2D eigenvalue weighted by atomic mass is 35.5. The summed E-state index contributed by atoms with van der Waals surface area (Å²) >= 11 is 7.96. The predicted molar refractivity (Wildman–Crippen MR) is 129 cm³/mol. The summed E-state index contributed by atoms with van der Waals surface area (Å²) in [7, 11) is 0. The number of fused-ring (bicyclic) bond motifs is 1. The van der Waals surface area contributed by atoms with Crippen molar-refractivity contribution in [1.29, 1.82) is 5.26 Å². The highest BCUT2D eigenvalue weighted by molar-refractivity contribution is 7.98. The van der Waals surface area contributed by atoms with Gasteiger partial charge in [0.25, 0.3) is 5.56 Å². The van der Waals surface area contributed by atoms with Crippen LogP contribution in [-0.2, 0) is 12.3 Å². The average Bonchev–Trinajstić information content (AvgIpc) is 3.50. The molecule has 1 aliphatic carbocycles. The maximum absolute atomic E-state index is 13.0. The van der Waals surface area contributed by atoms with Gasteiger partial charge in [-0.25, -0.2) is 4.98 Å². The van der Waals surface area contributed by atoms with Gasteiger partial charge in [0.15, 0.2) is 11.0 Å². The lowest BCUT2D eigenvalue weighted by atomic mass is 10.2. The summed E-state index contributed by atoms with van der Waals surface area (Å²) < 4.78 is 3.63. The lowest BCUT2D eigenvalue weighted by Gasteiger charge is -2.17. The Hall–Kier alpha value is -3.15. The largest absolute Gasteiger partial charge is 0.299 e. The Kier molecular flexibility index (Phi) is 6.16. The number of aromatic nitrogens is 5. The van der Waals surface area contributed by atoms with Crippen LogP contribution in [0.25, 0.3) is 22.3 Å². The van der Waals surface area contributed by atoms with E-state index < -0.39 is 0 Å². The van der Waals surface area contributed by atoms with Gasteiger partial charge in [-0.3, -0.25) is 13.9 Å². The summed E-state index contributed by atoms with van der Waals surface area (Å²) in [5, 5.41) is 20.2. The standard InChI is InChI=1S/C24H21ClN6OS/c25-19-11-5-3-9-17(19)22-28-29-24(31(22)16-7-1-2-8-16)33-15-21-27-20-12-6-4-10-18(20)23(32)30(21)14-13-26/h3-6,9-12,16H,1-2,7-8,14-15H2. The third-order valence-corrected chi connectivity index (χ3v) is 7.24. The lowest BCUT2D eigenvalue weighted by Crippen LogP contribution is -2.24. The van der Waals surface area contributed by atoms with Crippen LogP contribution < -0.4 is 5.56 Å².